The van der Waals surface area contributed by atoms with Crippen LogP contribution >= 0.6 is 11.8 Å². The average Bonchev–Trinajstić information content (AvgIpc) is 2.20. The number of thioether (sulfide) groups is 1. The van der Waals surface area contributed by atoms with E-state index in [1.54, 1.807) is 0 Å². The van der Waals surface area contributed by atoms with Gasteiger partial charge in [0.15, 0.2) is 0 Å². The summed E-state index contributed by atoms with van der Waals surface area (Å²) in [5.74, 6) is -2.51. The van der Waals surface area contributed by atoms with Gasteiger partial charge in [-0.25, -0.2) is 4.79 Å². The van der Waals surface area contributed by atoms with Crippen LogP contribution in [0.25, 0.3) is 0 Å². The van der Waals surface area contributed by atoms with Gasteiger partial charge >= 0.3 is 11.9 Å². The molecule has 0 aromatic rings. The molecule has 98 valence electrons. The van der Waals surface area contributed by atoms with Crippen LogP contribution in [0.5, 0.6) is 0 Å². The molecule has 3 N–H and O–H groups in total. The van der Waals surface area contributed by atoms with Crippen molar-refractivity contribution in [3.63, 3.8) is 0 Å². The number of carbonyl (C=O) groups excluding carboxylic acids is 1. The molecule has 0 aliphatic heterocycles. The monoisotopic (exact) mass is 263 g/mol. The van der Waals surface area contributed by atoms with Crippen molar-refractivity contribution in [1.82, 2.24) is 5.32 Å². The second kappa shape index (κ2) is 7.94. The topological polar surface area (TPSA) is 104 Å². The Kier molecular flexibility index (Phi) is 7.36. The number of hydrogen-bond acceptors (Lipinski definition) is 4. The molecule has 0 heterocycles. The van der Waals surface area contributed by atoms with Gasteiger partial charge in [0.2, 0.25) is 5.91 Å². The summed E-state index contributed by atoms with van der Waals surface area (Å²) < 4.78 is 0. The van der Waals surface area contributed by atoms with Crippen molar-refractivity contribution in [2.24, 2.45) is 0 Å². The molecule has 6 nitrogen and oxygen atoms in total. The third kappa shape index (κ3) is 6.83. The Hall–Kier alpha value is -1.24. The summed E-state index contributed by atoms with van der Waals surface area (Å²) >= 11 is 1.04. The third-order valence-corrected chi connectivity index (χ3v) is 3.33. The highest BCUT2D eigenvalue weighted by Gasteiger charge is 2.23. The molecule has 0 aromatic carbocycles. The molecule has 1 amide bonds. The minimum atomic E-state index is -1.16. The quantitative estimate of drug-likeness (QED) is 0.591. The van der Waals surface area contributed by atoms with E-state index >= 15 is 0 Å². The van der Waals surface area contributed by atoms with E-state index in [1.807, 2.05) is 6.92 Å². The van der Waals surface area contributed by atoms with Crippen molar-refractivity contribution < 1.29 is 24.6 Å². The van der Waals surface area contributed by atoms with Gasteiger partial charge in [-0.05, 0) is 6.42 Å². The largest absolute Gasteiger partial charge is 0.480 e. The summed E-state index contributed by atoms with van der Waals surface area (Å²) in [6.45, 7) is 3.08. The molecule has 0 bridgehead atoms. The van der Waals surface area contributed by atoms with Crippen molar-refractivity contribution >= 4 is 29.6 Å². The normalized spacial score (nSPS) is 13.8. The first-order chi connectivity index (χ1) is 7.88. The summed E-state index contributed by atoms with van der Waals surface area (Å²) in [6.07, 6.45) is 1.19. The lowest BCUT2D eigenvalue weighted by atomic mass is 10.2. The second-order valence-corrected chi connectivity index (χ2v) is 4.78. The van der Waals surface area contributed by atoms with Crippen LogP contribution in [0.3, 0.4) is 0 Å². The Morgan fingerprint density at radius 3 is 2.18 bits per heavy atom. The molecule has 1 unspecified atom stereocenters. The van der Waals surface area contributed by atoms with Gasteiger partial charge in [-0.15, -0.1) is 11.8 Å². The number of nitrogens with one attached hydrogen (secondary N) is 1. The first kappa shape index (κ1) is 15.8. The Morgan fingerprint density at radius 1 is 1.24 bits per heavy atom. The van der Waals surface area contributed by atoms with Crippen LogP contribution in [-0.2, 0) is 14.4 Å². The van der Waals surface area contributed by atoms with Crippen molar-refractivity contribution in [1.29, 1.82) is 0 Å². The predicted octanol–water partition coefficient (Wildman–Crippen LogP) is 0.562. The average molecular weight is 263 g/mol. The number of amides is 1. The molecule has 7 heteroatoms. The predicted molar refractivity (Wildman–Crippen MR) is 64.0 cm³/mol. The maximum Gasteiger partial charge on any atom is 0.327 e. The summed E-state index contributed by atoms with van der Waals surface area (Å²) in [5.41, 5.74) is 0. The van der Waals surface area contributed by atoms with Gasteiger partial charge in [0.05, 0.1) is 0 Å². The number of carboxylic acids is 2. The first-order valence-electron chi connectivity index (χ1n) is 5.22. The van der Waals surface area contributed by atoms with Crippen molar-refractivity contribution in [3.05, 3.63) is 0 Å². The van der Waals surface area contributed by atoms with E-state index in [0.717, 1.165) is 11.8 Å². The summed E-state index contributed by atoms with van der Waals surface area (Å²) in [4.78, 5) is 32.4. The Balaban J connectivity index is 4.31. The summed E-state index contributed by atoms with van der Waals surface area (Å²) in [7, 11) is 0. The highest BCUT2D eigenvalue weighted by molar-refractivity contribution is 8.00. The van der Waals surface area contributed by atoms with Crippen LogP contribution in [0.4, 0.5) is 0 Å². The van der Waals surface area contributed by atoms with Gasteiger partial charge in [-0.2, -0.15) is 0 Å². The Labute approximate surface area is 104 Å². The zero-order chi connectivity index (χ0) is 13.4. The molecule has 0 fully saturated rings. The molecule has 17 heavy (non-hydrogen) atoms. The zero-order valence-corrected chi connectivity index (χ0v) is 10.6. The van der Waals surface area contributed by atoms with Gasteiger partial charge in [0.25, 0.3) is 0 Å². The van der Waals surface area contributed by atoms with Crippen molar-refractivity contribution in [2.45, 2.75) is 38.0 Å². The van der Waals surface area contributed by atoms with Crippen LogP contribution in [0.2, 0.25) is 0 Å². The maximum absolute atomic E-state index is 10.8. The van der Waals surface area contributed by atoms with E-state index in [-0.39, 0.29) is 5.75 Å². The van der Waals surface area contributed by atoms with Crippen molar-refractivity contribution in [3.8, 4) is 0 Å². The number of aliphatic carboxylic acids is 2. The molecular weight excluding hydrogens is 246 g/mol. The highest BCUT2D eigenvalue weighted by Crippen LogP contribution is 2.17. The van der Waals surface area contributed by atoms with Crippen LogP contribution < -0.4 is 5.32 Å². The minimum Gasteiger partial charge on any atom is -0.480 e. The lowest BCUT2D eigenvalue weighted by molar-refractivity contribution is -0.141. The van der Waals surface area contributed by atoms with Gasteiger partial charge in [0.1, 0.15) is 11.3 Å². The smallest absolute Gasteiger partial charge is 0.327 e. The lowest BCUT2D eigenvalue weighted by Gasteiger charge is -2.16. The van der Waals surface area contributed by atoms with E-state index < -0.39 is 29.1 Å². The molecule has 0 radical (unpaired) electrons. The van der Waals surface area contributed by atoms with Gasteiger partial charge in [-0.1, -0.05) is 13.3 Å². The van der Waals surface area contributed by atoms with Crippen LogP contribution in [0.1, 0.15) is 26.7 Å². The fourth-order valence-corrected chi connectivity index (χ4v) is 2.37. The maximum atomic E-state index is 10.8. The van der Waals surface area contributed by atoms with E-state index in [4.69, 9.17) is 10.2 Å². The Bertz CT molecular complexity index is 294. The third-order valence-electron chi connectivity index (χ3n) is 1.97. The van der Waals surface area contributed by atoms with Crippen molar-refractivity contribution in [2.75, 3.05) is 5.75 Å². The zero-order valence-electron chi connectivity index (χ0n) is 9.80. The molecule has 2 atom stereocenters. The first-order valence-corrected chi connectivity index (χ1v) is 6.27. The molecule has 0 aromatic heterocycles. The lowest BCUT2D eigenvalue weighted by Crippen LogP contribution is -2.42. The standard InChI is InChI=1S/C10H17NO5S/c1-3-4-8(10(15)16)17-5-7(9(13)14)11-6(2)12/h7-8H,3-5H2,1-2H3,(H,11,12)(H,13,14)(H,15,16)/t7-,8?/m0/s1. The van der Waals surface area contributed by atoms with E-state index in [2.05, 4.69) is 5.32 Å². The highest BCUT2D eigenvalue weighted by atomic mass is 32.2. The molecule has 0 saturated heterocycles. The number of carboxylic acid groups (broad SMARTS) is 2. The van der Waals surface area contributed by atoms with Gasteiger partial charge in [-0.3, -0.25) is 9.59 Å². The molecular formula is C10H17NO5S. The fourth-order valence-electron chi connectivity index (χ4n) is 1.17. The second-order valence-electron chi connectivity index (χ2n) is 3.54. The SMILES string of the molecule is CCCC(SC[C@H](NC(C)=O)C(=O)O)C(=O)O. The van der Waals surface area contributed by atoms with Gasteiger partial charge < -0.3 is 15.5 Å². The van der Waals surface area contributed by atoms with Crippen LogP contribution in [-0.4, -0.2) is 45.1 Å². The van der Waals surface area contributed by atoms with Gasteiger partial charge in [0, 0.05) is 12.7 Å². The van der Waals surface area contributed by atoms with E-state index in [9.17, 15) is 14.4 Å². The molecule has 0 rings (SSSR count). The minimum absolute atomic E-state index is 0.0475. The van der Waals surface area contributed by atoms with E-state index in [1.165, 1.54) is 6.92 Å². The van der Waals surface area contributed by atoms with E-state index in [0.29, 0.717) is 12.8 Å². The van der Waals surface area contributed by atoms with Crippen LogP contribution in [0.15, 0.2) is 0 Å². The fraction of sp³-hybridized carbons (Fsp3) is 0.700. The molecule has 0 aliphatic rings. The van der Waals surface area contributed by atoms with Crippen LogP contribution in [0, 0.1) is 0 Å². The number of carbonyl (C=O) groups is 3. The molecule has 0 saturated carbocycles. The molecule has 0 aliphatic carbocycles. The summed E-state index contributed by atoms with van der Waals surface area (Å²) in [5, 5.41) is 19.3. The number of hydrogen-bond donors (Lipinski definition) is 3. The Morgan fingerprint density at radius 2 is 1.82 bits per heavy atom. The molecule has 0 spiro atoms. The summed E-state index contributed by atoms with van der Waals surface area (Å²) in [6, 6.07) is -1.05. The number of rotatable bonds is 8.